The number of fused-ring (bicyclic) bond motifs is 1. The van der Waals surface area contributed by atoms with Crippen molar-refractivity contribution < 1.29 is 28.5 Å². The van der Waals surface area contributed by atoms with Crippen LogP contribution in [0.15, 0.2) is 60.7 Å². The number of rotatable bonds is 8. The summed E-state index contributed by atoms with van der Waals surface area (Å²) in [5.41, 5.74) is 4.18. The quantitative estimate of drug-likeness (QED) is 0.414. The minimum atomic E-state index is -0.374. The summed E-state index contributed by atoms with van der Waals surface area (Å²) in [6, 6.07) is 18.0. The minimum absolute atomic E-state index is 0.0506. The van der Waals surface area contributed by atoms with E-state index in [2.05, 4.69) is 0 Å². The second-order valence-corrected chi connectivity index (χ2v) is 8.60. The Hall–Kier alpha value is -4.00. The molecule has 1 aliphatic rings. The van der Waals surface area contributed by atoms with Crippen LogP contribution in [0.25, 0.3) is 0 Å². The number of methoxy groups -OCH3 is 2. The van der Waals surface area contributed by atoms with Crippen molar-refractivity contribution >= 4 is 11.9 Å². The largest absolute Gasteiger partial charge is 0.493 e. The zero-order chi connectivity index (χ0) is 25.7. The standard InChI is InChI=1S/C29H31NO6/c1-5-35-29(32)20-9-11-23(12-10-20)36-18-25-24-17-27(34-4)26(33-3)16-21(24)13-14-30(25)28(31)22-8-6-7-19(2)15-22/h6-12,15-17,25H,5,13-14,18H2,1-4H3. The van der Waals surface area contributed by atoms with E-state index in [-0.39, 0.29) is 24.5 Å². The summed E-state index contributed by atoms with van der Waals surface area (Å²) < 4.78 is 22.2. The summed E-state index contributed by atoms with van der Waals surface area (Å²) in [6.45, 7) is 4.84. The first kappa shape index (κ1) is 25.1. The Morgan fingerprint density at radius 3 is 2.33 bits per heavy atom. The Morgan fingerprint density at radius 1 is 0.944 bits per heavy atom. The highest BCUT2D eigenvalue weighted by molar-refractivity contribution is 5.95. The molecule has 0 saturated heterocycles. The molecule has 0 saturated carbocycles. The van der Waals surface area contributed by atoms with E-state index in [0.717, 1.165) is 16.7 Å². The number of ether oxygens (including phenoxy) is 4. The molecule has 188 valence electrons. The van der Waals surface area contributed by atoms with Crippen molar-refractivity contribution in [3.8, 4) is 17.2 Å². The summed E-state index contributed by atoms with van der Waals surface area (Å²) in [5.74, 6) is 1.43. The third-order valence-corrected chi connectivity index (χ3v) is 6.30. The fourth-order valence-corrected chi connectivity index (χ4v) is 4.47. The highest BCUT2D eigenvalue weighted by Crippen LogP contribution is 2.39. The van der Waals surface area contributed by atoms with Crippen LogP contribution in [0.3, 0.4) is 0 Å². The summed E-state index contributed by atoms with van der Waals surface area (Å²) in [5, 5.41) is 0. The maximum atomic E-state index is 13.6. The molecule has 7 nitrogen and oxygen atoms in total. The SMILES string of the molecule is CCOC(=O)c1ccc(OCC2c3cc(OC)c(OC)cc3CCN2C(=O)c2cccc(C)c2)cc1. The van der Waals surface area contributed by atoms with Crippen molar-refractivity contribution in [1.82, 2.24) is 4.90 Å². The number of aryl methyl sites for hydroxylation is 1. The van der Waals surface area contributed by atoms with Gasteiger partial charge in [-0.2, -0.15) is 0 Å². The molecule has 4 rings (SSSR count). The van der Waals surface area contributed by atoms with E-state index in [0.29, 0.717) is 47.9 Å². The second kappa shape index (κ2) is 11.2. The number of carbonyl (C=O) groups excluding carboxylic acids is 2. The molecule has 0 N–H and O–H groups in total. The summed E-state index contributed by atoms with van der Waals surface area (Å²) in [6.07, 6.45) is 0.692. The first-order chi connectivity index (χ1) is 17.4. The fourth-order valence-electron chi connectivity index (χ4n) is 4.47. The van der Waals surface area contributed by atoms with Gasteiger partial charge in [-0.3, -0.25) is 4.79 Å². The fraction of sp³-hybridized carbons (Fsp3) is 0.310. The molecule has 1 amide bonds. The third-order valence-electron chi connectivity index (χ3n) is 6.30. The van der Waals surface area contributed by atoms with Crippen LogP contribution in [0.4, 0.5) is 0 Å². The van der Waals surface area contributed by atoms with E-state index in [4.69, 9.17) is 18.9 Å². The first-order valence-electron chi connectivity index (χ1n) is 12.0. The molecule has 0 aliphatic carbocycles. The molecular formula is C29H31NO6. The molecule has 36 heavy (non-hydrogen) atoms. The predicted octanol–water partition coefficient (Wildman–Crippen LogP) is 5.01. The molecule has 0 fully saturated rings. The smallest absolute Gasteiger partial charge is 0.338 e. The highest BCUT2D eigenvalue weighted by atomic mass is 16.5. The number of carbonyl (C=O) groups is 2. The molecule has 1 aliphatic heterocycles. The van der Waals surface area contributed by atoms with Gasteiger partial charge in [-0.05, 0) is 79.9 Å². The molecule has 0 bridgehead atoms. The number of hydrogen-bond donors (Lipinski definition) is 0. The predicted molar refractivity (Wildman–Crippen MR) is 136 cm³/mol. The lowest BCUT2D eigenvalue weighted by atomic mass is 9.91. The van der Waals surface area contributed by atoms with Crippen LogP contribution in [-0.4, -0.2) is 50.8 Å². The van der Waals surface area contributed by atoms with Crippen molar-refractivity contribution in [2.24, 2.45) is 0 Å². The topological polar surface area (TPSA) is 74.3 Å². The summed E-state index contributed by atoms with van der Waals surface area (Å²) in [4.78, 5) is 27.4. The van der Waals surface area contributed by atoms with Crippen LogP contribution in [0.1, 0.15) is 50.4 Å². The van der Waals surface area contributed by atoms with Crippen LogP contribution in [-0.2, 0) is 11.2 Å². The van der Waals surface area contributed by atoms with Crippen molar-refractivity contribution in [2.75, 3.05) is 34.0 Å². The zero-order valence-corrected chi connectivity index (χ0v) is 21.1. The Bertz CT molecular complexity index is 1240. The molecular weight excluding hydrogens is 458 g/mol. The van der Waals surface area contributed by atoms with Gasteiger partial charge in [0, 0.05) is 12.1 Å². The van der Waals surface area contributed by atoms with Gasteiger partial charge < -0.3 is 23.8 Å². The van der Waals surface area contributed by atoms with Gasteiger partial charge in [0.25, 0.3) is 5.91 Å². The Morgan fingerprint density at radius 2 is 1.67 bits per heavy atom. The molecule has 3 aromatic rings. The van der Waals surface area contributed by atoms with Crippen LogP contribution in [0, 0.1) is 6.92 Å². The monoisotopic (exact) mass is 489 g/mol. The molecule has 0 radical (unpaired) electrons. The van der Waals surface area contributed by atoms with Gasteiger partial charge in [-0.15, -0.1) is 0 Å². The van der Waals surface area contributed by atoms with E-state index in [1.54, 1.807) is 45.4 Å². The van der Waals surface area contributed by atoms with Crippen LogP contribution < -0.4 is 14.2 Å². The lowest BCUT2D eigenvalue weighted by Gasteiger charge is -2.37. The van der Waals surface area contributed by atoms with Crippen molar-refractivity contribution in [1.29, 1.82) is 0 Å². The van der Waals surface area contributed by atoms with Crippen LogP contribution in [0.5, 0.6) is 17.2 Å². The number of nitrogens with zero attached hydrogens (tertiary/aromatic N) is 1. The Labute approximate surface area is 211 Å². The summed E-state index contributed by atoms with van der Waals surface area (Å²) >= 11 is 0. The maximum Gasteiger partial charge on any atom is 0.338 e. The first-order valence-corrected chi connectivity index (χ1v) is 12.0. The van der Waals surface area contributed by atoms with Crippen LogP contribution in [0.2, 0.25) is 0 Å². The molecule has 0 aromatic heterocycles. The highest BCUT2D eigenvalue weighted by Gasteiger charge is 2.33. The molecule has 1 atom stereocenters. The average Bonchev–Trinajstić information content (AvgIpc) is 2.90. The van der Waals surface area contributed by atoms with Gasteiger partial charge in [0.2, 0.25) is 0 Å². The van der Waals surface area contributed by atoms with Gasteiger partial charge in [-0.1, -0.05) is 17.7 Å². The van der Waals surface area contributed by atoms with E-state index < -0.39 is 0 Å². The van der Waals surface area contributed by atoms with E-state index >= 15 is 0 Å². The van der Waals surface area contributed by atoms with E-state index in [1.807, 2.05) is 48.2 Å². The summed E-state index contributed by atoms with van der Waals surface area (Å²) in [7, 11) is 3.21. The third kappa shape index (κ3) is 5.30. The van der Waals surface area contributed by atoms with E-state index in [9.17, 15) is 9.59 Å². The number of hydrogen-bond acceptors (Lipinski definition) is 6. The Balaban J connectivity index is 1.64. The van der Waals surface area contributed by atoms with Crippen molar-refractivity contribution in [2.45, 2.75) is 26.3 Å². The van der Waals surface area contributed by atoms with Gasteiger partial charge >= 0.3 is 5.97 Å². The number of esters is 1. The van der Waals surface area contributed by atoms with Gasteiger partial charge in [0.05, 0.1) is 32.4 Å². The zero-order valence-electron chi connectivity index (χ0n) is 21.1. The molecule has 1 unspecified atom stereocenters. The second-order valence-electron chi connectivity index (χ2n) is 8.60. The molecule has 0 spiro atoms. The van der Waals surface area contributed by atoms with Crippen molar-refractivity contribution in [3.63, 3.8) is 0 Å². The van der Waals surface area contributed by atoms with Crippen molar-refractivity contribution in [3.05, 3.63) is 88.5 Å². The average molecular weight is 490 g/mol. The van der Waals surface area contributed by atoms with Gasteiger partial charge in [0.1, 0.15) is 12.4 Å². The van der Waals surface area contributed by atoms with Crippen LogP contribution >= 0.6 is 0 Å². The molecule has 1 heterocycles. The molecule has 7 heteroatoms. The number of amides is 1. The molecule has 3 aromatic carbocycles. The Kier molecular flexibility index (Phi) is 7.78. The minimum Gasteiger partial charge on any atom is -0.493 e. The van der Waals surface area contributed by atoms with Gasteiger partial charge in [-0.25, -0.2) is 4.79 Å². The lowest BCUT2D eigenvalue weighted by Crippen LogP contribution is -2.42. The number of benzene rings is 3. The normalized spacial score (nSPS) is 14.6. The van der Waals surface area contributed by atoms with Gasteiger partial charge in [0.15, 0.2) is 11.5 Å². The van der Waals surface area contributed by atoms with E-state index in [1.165, 1.54) is 0 Å². The maximum absolute atomic E-state index is 13.6. The lowest BCUT2D eigenvalue weighted by molar-refractivity contribution is 0.0524.